The highest BCUT2D eigenvalue weighted by molar-refractivity contribution is 7.99. The fraction of sp³-hybridized carbons (Fsp3) is 0.263. The van der Waals surface area contributed by atoms with Gasteiger partial charge in [-0.2, -0.15) is 0 Å². The van der Waals surface area contributed by atoms with E-state index in [0.29, 0.717) is 29.5 Å². The molecule has 0 radical (unpaired) electrons. The van der Waals surface area contributed by atoms with Crippen molar-refractivity contribution in [3.8, 4) is 23.0 Å². The highest BCUT2D eigenvalue weighted by Crippen LogP contribution is 2.34. The minimum Gasteiger partial charge on any atom is -0.497 e. The fourth-order valence-corrected chi connectivity index (χ4v) is 2.96. The van der Waals surface area contributed by atoms with Crippen molar-refractivity contribution in [3.63, 3.8) is 0 Å². The molecule has 8 nitrogen and oxygen atoms in total. The summed E-state index contributed by atoms with van der Waals surface area (Å²) in [4.78, 5) is 23.7. The Hall–Kier alpha value is -3.07. The van der Waals surface area contributed by atoms with Gasteiger partial charge in [-0.15, -0.1) is 11.8 Å². The van der Waals surface area contributed by atoms with E-state index in [1.165, 1.54) is 11.8 Å². The number of rotatable bonds is 8. The first-order valence-corrected chi connectivity index (χ1v) is 9.64. The molecule has 1 aliphatic rings. The summed E-state index contributed by atoms with van der Waals surface area (Å²) >= 11 is 1.37. The number of ether oxygens (including phenoxy) is 4. The van der Waals surface area contributed by atoms with Crippen LogP contribution in [0, 0.1) is 0 Å². The first kappa shape index (κ1) is 19.7. The van der Waals surface area contributed by atoms with Crippen molar-refractivity contribution in [1.82, 2.24) is 5.32 Å². The van der Waals surface area contributed by atoms with E-state index < -0.39 is 6.03 Å². The first-order chi connectivity index (χ1) is 13.6. The van der Waals surface area contributed by atoms with E-state index in [1.807, 2.05) is 24.3 Å². The van der Waals surface area contributed by atoms with E-state index in [0.717, 1.165) is 11.5 Å². The number of carbonyl (C=O) groups excluding carboxylic acids is 2. The average Bonchev–Trinajstić information content (AvgIpc) is 3.16. The number of imide groups is 1. The second-order valence-corrected chi connectivity index (χ2v) is 6.75. The van der Waals surface area contributed by atoms with Crippen molar-refractivity contribution in [2.75, 3.05) is 37.3 Å². The van der Waals surface area contributed by atoms with E-state index in [2.05, 4.69) is 10.6 Å². The van der Waals surface area contributed by atoms with Gasteiger partial charge < -0.3 is 24.3 Å². The van der Waals surface area contributed by atoms with E-state index in [1.54, 1.807) is 25.3 Å². The van der Waals surface area contributed by atoms with Crippen LogP contribution < -0.4 is 29.6 Å². The molecule has 0 aliphatic carbocycles. The molecular weight excluding hydrogens is 384 g/mol. The van der Waals surface area contributed by atoms with Crippen LogP contribution in [0.15, 0.2) is 42.5 Å². The van der Waals surface area contributed by atoms with Crippen LogP contribution in [0.2, 0.25) is 0 Å². The topological polar surface area (TPSA) is 95.1 Å². The summed E-state index contributed by atoms with van der Waals surface area (Å²) in [6, 6.07) is 11.7. The molecule has 0 atom stereocenters. The van der Waals surface area contributed by atoms with Crippen molar-refractivity contribution in [2.24, 2.45) is 0 Å². The Kier molecular flexibility index (Phi) is 6.85. The lowest BCUT2D eigenvalue weighted by Crippen LogP contribution is -2.35. The van der Waals surface area contributed by atoms with Crippen molar-refractivity contribution in [1.29, 1.82) is 0 Å². The summed E-state index contributed by atoms with van der Waals surface area (Å²) in [7, 11) is 1.60. The van der Waals surface area contributed by atoms with Gasteiger partial charge in [0.25, 0.3) is 0 Å². The highest BCUT2D eigenvalue weighted by Gasteiger charge is 2.14. The maximum atomic E-state index is 11.9. The third kappa shape index (κ3) is 5.71. The van der Waals surface area contributed by atoms with Gasteiger partial charge in [0.05, 0.1) is 19.5 Å². The molecule has 9 heteroatoms. The molecule has 3 rings (SSSR count). The molecule has 1 aliphatic heterocycles. The number of hydrogen-bond acceptors (Lipinski definition) is 7. The summed E-state index contributed by atoms with van der Waals surface area (Å²) in [5.41, 5.74) is 0.509. The van der Waals surface area contributed by atoms with Gasteiger partial charge in [0.1, 0.15) is 11.5 Å². The molecule has 0 saturated carbocycles. The van der Waals surface area contributed by atoms with Crippen LogP contribution in [-0.2, 0) is 4.79 Å². The third-order valence-corrected chi connectivity index (χ3v) is 4.59. The minimum absolute atomic E-state index is 0.153. The van der Waals surface area contributed by atoms with Crippen LogP contribution >= 0.6 is 11.8 Å². The van der Waals surface area contributed by atoms with Crippen molar-refractivity contribution in [3.05, 3.63) is 42.5 Å². The zero-order valence-corrected chi connectivity index (χ0v) is 16.0. The molecule has 28 heavy (non-hydrogen) atoms. The first-order valence-electron chi connectivity index (χ1n) is 8.49. The van der Waals surface area contributed by atoms with Gasteiger partial charge in [0, 0.05) is 17.5 Å². The van der Waals surface area contributed by atoms with Crippen LogP contribution in [0.1, 0.15) is 0 Å². The maximum Gasteiger partial charge on any atom is 0.325 e. The molecule has 0 saturated heterocycles. The van der Waals surface area contributed by atoms with Gasteiger partial charge in [0.15, 0.2) is 11.5 Å². The summed E-state index contributed by atoms with van der Waals surface area (Å²) < 4.78 is 21.1. The number of urea groups is 1. The minimum atomic E-state index is -0.598. The molecule has 0 fully saturated rings. The molecule has 0 unspecified atom stereocenters. The smallest absolute Gasteiger partial charge is 0.325 e. The largest absolute Gasteiger partial charge is 0.497 e. The normalized spacial score (nSPS) is 11.6. The van der Waals surface area contributed by atoms with Crippen molar-refractivity contribution >= 4 is 29.4 Å². The summed E-state index contributed by atoms with van der Waals surface area (Å²) in [5.74, 6) is 3.05. The number of fused-ring (bicyclic) bond motifs is 1. The SMILES string of the molecule is COc1ccc(OCCSCC(=O)NC(=O)Nc2ccc3c(c2)OCO3)cc1. The van der Waals surface area contributed by atoms with E-state index in [4.69, 9.17) is 18.9 Å². The molecule has 0 aromatic heterocycles. The number of anilines is 1. The predicted octanol–water partition coefficient (Wildman–Crippen LogP) is 2.88. The second-order valence-electron chi connectivity index (χ2n) is 5.65. The number of benzene rings is 2. The number of carbonyl (C=O) groups is 2. The Morgan fingerprint density at radius 3 is 2.61 bits per heavy atom. The van der Waals surface area contributed by atoms with Gasteiger partial charge in [0.2, 0.25) is 12.7 Å². The number of thioether (sulfide) groups is 1. The Labute approximate surface area is 166 Å². The molecule has 2 aromatic rings. The summed E-state index contributed by atoms with van der Waals surface area (Å²) in [5, 5.41) is 4.87. The molecule has 2 aromatic carbocycles. The molecule has 3 amide bonds. The predicted molar refractivity (Wildman–Crippen MR) is 106 cm³/mol. The van der Waals surface area contributed by atoms with Crippen LogP contribution in [-0.4, -0.2) is 44.0 Å². The monoisotopic (exact) mass is 404 g/mol. The van der Waals surface area contributed by atoms with Gasteiger partial charge in [-0.3, -0.25) is 10.1 Å². The van der Waals surface area contributed by atoms with Crippen LogP contribution in [0.3, 0.4) is 0 Å². The highest BCUT2D eigenvalue weighted by atomic mass is 32.2. The molecule has 148 valence electrons. The fourth-order valence-electron chi connectivity index (χ4n) is 2.35. The Morgan fingerprint density at radius 2 is 1.82 bits per heavy atom. The number of nitrogens with one attached hydrogen (secondary N) is 2. The van der Waals surface area contributed by atoms with Crippen molar-refractivity contribution < 1.29 is 28.5 Å². The van der Waals surface area contributed by atoms with Crippen molar-refractivity contribution in [2.45, 2.75) is 0 Å². The Balaban J connectivity index is 1.31. The van der Waals surface area contributed by atoms with Gasteiger partial charge in [-0.05, 0) is 36.4 Å². The number of hydrogen-bond donors (Lipinski definition) is 2. The summed E-state index contributed by atoms with van der Waals surface area (Å²) in [6.07, 6.45) is 0. The average molecular weight is 404 g/mol. The van der Waals surface area contributed by atoms with Gasteiger partial charge in [-0.25, -0.2) is 4.79 Å². The molecular formula is C19H20N2O6S. The lowest BCUT2D eigenvalue weighted by atomic mass is 10.3. The molecule has 0 spiro atoms. The van der Waals surface area contributed by atoms with Gasteiger partial charge in [-0.1, -0.05) is 0 Å². The Morgan fingerprint density at radius 1 is 1.07 bits per heavy atom. The van der Waals surface area contributed by atoms with Crippen LogP contribution in [0.25, 0.3) is 0 Å². The standard InChI is InChI=1S/C19H20N2O6S/c1-24-14-3-5-15(6-4-14)25-8-9-28-11-18(22)21-19(23)20-13-2-7-16-17(10-13)27-12-26-16/h2-7,10H,8-9,11-12H2,1H3,(H2,20,21,22,23). The van der Waals surface area contributed by atoms with E-state index in [9.17, 15) is 9.59 Å². The zero-order valence-electron chi connectivity index (χ0n) is 15.2. The molecule has 2 N–H and O–H groups in total. The zero-order chi connectivity index (χ0) is 19.8. The molecule has 0 bridgehead atoms. The summed E-state index contributed by atoms with van der Waals surface area (Å²) in [6.45, 7) is 0.608. The van der Waals surface area contributed by atoms with Crippen LogP contribution in [0.4, 0.5) is 10.5 Å². The van der Waals surface area contributed by atoms with E-state index in [-0.39, 0.29) is 18.5 Å². The molecule has 1 heterocycles. The number of amides is 3. The second kappa shape index (κ2) is 9.75. The quantitative estimate of drug-likeness (QED) is 0.653. The Bertz CT molecular complexity index is 828. The lowest BCUT2D eigenvalue weighted by molar-refractivity contribution is -0.117. The maximum absolute atomic E-state index is 11.9. The third-order valence-electron chi connectivity index (χ3n) is 3.67. The lowest BCUT2D eigenvalue weighted by Gasteiger charge is -2.08. The van der Waals surface area contributed by atoms with Gasteiger partial charge >= 0.3 is 6.03 Å². The van der Waals surface area contributed by atoms with Crippen LogP contribution in [0.5, 0.6) is 23.0 Å². The van der Waals surface area contributed by atoms with E-state index >= 15 is 0 Å². The number of methoxy groups -OCH3 is 1.